The number of benzene rings is 2. The first kappa shape index (κ1) is 18.7. The third-order valence-electron chi connectivity index (χ3n) is 3.23. The predicted octanol–water partition coefficient (Wildman–Crippen LogP) is 3.14. The molecule has 2 rings (SSSR count). The molecule has 0 aliphatic rings. The Hall–Kier alpha value is -1.60. The monoisotopic (exact) mass is 369 g/mol. The van der Waals surface area contributed by atoms with Crippen LogP contribution in [0.2, 0.25) is 5.02 Å². The second-order valence-corrected chi connectivity index (χ2v) is 7.76. The van der Waals surface area contributed by atoms with Gasteiger partial charge < -0.3 is 9.84 Å². The van der Waals surface area contributed by atoms with Crippen LogP contribution in [0.4, 0.5) is 0 Å². The van der Waals surface area contributed by atoms with Crippen molar-refractivity contribution in [2.24, 2.45) is 0 Å². The van der Waals surface area contributed by atoms with E-state index in [0.717, 1.165) is 0 Å². The highest BCUT2D eigenvalue weighted by atomic mass is 35.5. The molecule has 0 aliphatic heterocycles. The lowest BCUT2D eigenvalue weighted by Gasteiger charge is -2.13. The number of ether oxygens (including phenoxy) is 1. The third kappa shape index (κ3) is 5.21. The van der Waals surface area contributed by atoms with Gasteiger partial charge in [0.25, 0.3) is 0 Å². The van der Waals surface area contributed by atoms with Crippen molar-refractivity contribution in [1.29, 1.82) is 0 Å². The zero-order valence-corrected chi connectivity index (χ0v) is 15.0. The van der Waals surface area contributed by atoms with Gasteiger partial charge in [-0.2, -0.15) is 0 Å². The van der Waals surface area contributed by atoms with E-state index in [1.54, 1.807) is 36.4 Å². The molecule has 2 aromatic rings. The highest BCUT2D eigenvalue weighted by Crippen LogP contribution is 2.19. The van der Waals surface area contributed by atoms with Gasteiger partial charge in [0, 0.05) is 11.6 Å². The molecule has 2 aromatic carbocycles. The minimum Gasteiger partial charge on any atom is -0.491 e. The van der Waals surface area contributed by atoms with Gasteiger partial charge in [-0.05, 0) is 55.8 Å². The first-order chi connectivity index (χ1) is 11.3. The average molecular weight is 370 g/mol. The number of halogens is 1. The van der Waals surface area contributed by atoms with Crippen molar-refractivity contribution < 1.29 is 18.3 Å². The highest BCUT2D eigenvalue weighted by Gasteiger charge is 2.17. The smallest absolute Gasteiger partial charge is 0.240 e. The molecule has 5 nitrogen and oxygen atoms in total. The van der Waals surface area contributed by atoms with Gasteiger partial charge >= 0.3 is 0 Å². The molecule has 0 amide bonds. The van der Waals surface area contributed by atoms with Crippen molar-refractivity contribution >= 4 is 21.6 Å². The number of nitrogens with one attached hydrogen (secondary N) is 1. The number of aliphatic hydroxyl groups is 1. The molecule has 130 valence electrons. The highest BCUT2D eigenvalue weighted by molar-refractivity contribution is 7.89. The van der Waals surface area contributed by atoms with Crippen LogP contribution in [-0.4, -0.2) is 26.2 Å². The zero-order chi connectivity index (χ0) is 17.7. The van der Waals surface area contributed by atoms with Gasteiger partial charge in [-0.1, -0.05) is 23.7 Å². The lowest BCUT2D eigenvalue weighted by atomic mass is 10.1. The molecular formula is C17H20ClNO4S. The number of rotatable bonds is 7. The molecule has 0 aromatic heterocycles. The summed E-state index contributed by atoms with van der Waals surface area (Å²) < 4.78 is 32.4. The van der Waals surface area contributed by atoms with Crippen LogP contribution in [0.25, 0.3) is 0 Å². The zero-order valence-electron chi connectivity index (χ0n) is 13.4. The summed E-state index contributed by atoms with van der Waals surface area (Å²) in [6.07, 6.45) is -0.944. The minimum absolute atomic E-state index is 0.0140. The molecule has 0 bridgehead atoms. The van der Waals surface area contributed by atoms with E-state index in [9.17, 15) is 13.5 Å². The van der Waals surface area contributed by atoms with Crippen LogP contribution >= 0.6 is 11.6 Å². The molecule has 24 heavy (non-hydrogen) atoms. The maximum absolute atomic E-state index is 12.3. The molecule has 0 fully saturated rings. The maximum Gasteiger partial charge on any atom is 0.240 e. The summed E-state index contributed by atoms with van der Waals surface area (Å²) in [4.78, 5) is 0.113. The summed E-state index contributed by atoms with van der Waals surface area (Å²) in [5.41, 5.74) is 0.586. The molecule has 0 saturated heterocycles. The van der Waals surface area contributed by atoms with E-state index >= 15 is 0 Å². The fraction of sp³-hybridized carbons (Fsp3) is 0.294. The van der Waals surface area contributed by atoms with Gasteiger partial charge in [0.1, 0.15) is 5.75 Å². The first-order valence-corrected chi connectivity index (χ1v) is 9.34. The predicted molar refractivity (Wildman–Crippen MR) is 93.8 cm³/mol. The van der Waals surface area contributed by atoms with Crippen LogP contribution in [0.3, 0.4) is 0 Å². The van der Waals surface area contributed by atoms with Crippen LogP contribution in [0.5, 0.6) is 5.75 Å². The van der Waals surface area contributed by atoms with Gasteiger partial charge in [0.15, 0.2) is 0 Å². The van der Waals surface area contributed by atoms with Gasteiger partial charge in [-0.15, -0.1) is 0 Å². The Bertz CT molecular complexity index is 758. The van der Waals surface area contributed by atoms with Crippen LogP contribution in [0.1, 0.15) is 25.5 Å². The summed E-state index contributed by atoms with van der Waals surface area (Å²) in [7, 11) is -3.71. The fourth-order valence-corrected chi connectivity index (χ4v) is 3.21. The van der Waals surface area contributed by atoms with E-state index in [4.69, 9.17) is 16.3 Å². The first-order valence-electron chi connectivity index (χ1n) is 7.48. The molecule has 0 radical (unpaired) electrons. The van der Waals surface area contributed by atoms with Crippen LogP contribution in [-0.2, 0) is 10.0 Å². The van der Waals surface area contributed by atoms with Crippen molar-refractivity contribution in [1.82, 2.24) is 4.72 Å². The molecule has 7 heteroatoms. The Labute approximate surface area is 147 Å². The largest absolute Gasteiger partial charge is 0.491 e. The topological polar surface area (TPSA) is 75.6 Å². The van der Waals surface area contributed by atoms with Crippen LogP contribution < -0.4 is 9.46 Å². The van der Waals surface area contributed by atoms with Gasteiger partial charge in [0.05, 0.1) is 17.1 Å². The fourth-order valence-electron chi connectivity index (χ4n) is 2.04. The summed E-state index contributed by atoms with van der Waals surface area (Å²) in [6, 6.07) is 12.7. The molecule has 2 N–H and O–H groups in total. The summed E-state index contributed by atoms with van der Waals surface area (Å²) in [6.45, 7) is 3.66. The third-order valence-corrected chi connectivity index (χ3v) is 4.92. The molecule has 0 spiro atoms. The van der Waals surface area contributed by atoms with Crippen LogP contribution in [0.15, 0.2) is 53.4 Å². The summed E-state index contributed by atoms with van der Waals surface area (Å²) in [5.74, 6) is 0.602. The molecular weight excluding hydrogens is 350 g/mol. The van der Waals surface area contributed by atoms with Gasteiger partial charge in [-0.3, -0.25) is 0 Å². The quantitative estimate of drug-likeness (QED) is 0.786. The Morgan fingerprint density at radius 2 is 1.67 bits per heavy atom. The Morgan fingerprint density at radius 1 is 1.08 bits per heavy atom. The van der Waals surface area contributed by atoms with E-state index < -0.39 is 16.1 Å². The van der Waals surface area contributed by atoms with Gasteiger partial charge in [-0.25, -0.2) is 13.1 Å². The van der Waals surface area contributed by atoms with E-state index in [-0.39, 0.29) is 17.5 Å². The van der Waals surface area contributed by atoms with Crippen molar-refractivity contribution in [2.45, 2.75) is 31.0 Å². The summed E-state index contributed by atoms with van der Waals surface area (Å²) in [5, 5.41) is 10.6. The molecule has 0 aliphatic carbocycles. The number of hydrogen-bond donors (Lipinski definition) is 2. The minimum atomic E-state index is -3.71. The van der Waals surface area contributed by atoms with Gasteiger partial charge in [0.2, 0.25) is 10.0 Å². The second kappa shape index (κ2) is 7.98. The SMILES string of the molecule is CC(C)Oc1ccc(S(=O)(=O)NCC(O)c2ccc(Cl)cc2)cc1. The van der Waals surface area contributed by atoms with Crippen molar-refractivity contribution in [3.63, 3.8) is 0 Å². The molecule has 0 saturated carbocycles. The molecule has 1 atom stereocenters. The normalized spacial score (nSPS) is 13.0. The van der Waals surface area contributed by atoms with E-state index in [1.165, 1.54) is 12.1 Å². The standard InChI is InChI=1S/C17H20ClNO4S/c1-12(2)23-15-7-9-16(10-8-15)24(21,22)19-11-17(20)13-3-5-14(18)6-4-13/h3-10,12,17,19-20H,11H2,1-2H3. The maximum atomic E-state index is 12.3. The molecule has 0 heterocycles. The number of hydrogen-bond acceptors (Lipinski definition) is 4. The lowest BCUT2D eigenvalue weighted by Crippen LogP contribution is -2.28. The van der Waals surface area contributed by atoms with Crippen molar-refractivity contribution in [3.05, 3.63) is 59.1 Å². The van der Waals surface area contributed by atoms with E-state index in [1.807, 2.05) is 13.8 Å². The number of sulfonamides is 1. The number of aliphatic hydroxyl groups excluding tert-OH is 1. The Balaban J connectivity index is 2.01. The van der Waals surface area contributed by atoms with Crippen molar-refractivity contribution in [2.75, 3.05) is 6.54 Å². The summed E-state index contributed by atoms with van der Waals surface area (Å²) >= 11 is 5.79. The lowest BCUT2D eigenvalue weighted by molar-refractivity contribution is 0.182. The van der Waals surface area contributed by atoms with Crippen molar-refractivity contribution in [3.8, 4) is 5.75 Å². The Kier molecular flexibility index (Phi) is 6.23. The van der Waals surface area contributed by atoms with Crippen LogP contribution in [0, 0.1) is 0 Å². The Morgan fingerprint density at radius 3 is 2.21 bits per heavy atom. The average Bonchev–Trinajstić information content (AvgIpc) is 2.53. The van der Waals surface area contributed by atoms with E-state index in [0.29, 0.717) is 16.3 Å². The van der Waals surface area contributed by atoms with E-state index in [2.05, 4.69) is 4.72 Å². The second-order valence-electron chi connectivity index (χ2n) is 5.56. The molecule has 1 unspecified atom stereocenters.